The molecular formula is C17H30N2S. The van der Waals surface area contributed by atoms with E-state index < -0.39 is 0 Å². The van der Waals surface area contributed by atoms with Gasteiger partial charge in [-0.05, 0) is 59.7 Å². The van der Waals surface area contributed by atoms with Gasteiger partial charge in [-0.1, -0.05) is 29.3 Å². The van der Waals surface area contributed by atoms with Crippen molar-refractivity contribution in [3.05, 3.63) is 34.9 Å². The van der Waals surface area contributed by atoms with Gasteiger partial charge in [0.15, 0.2) is 0 Å². The smallest absolute Gasteiger partial charge is 0.0329 e. The number of hydrogen-bond acceptors (Lipinski definition) is 3. The molecule has 0 saturated heterocycles. The normalized spacial score (nSPS) is 14.6. The van der Waals surface area contributed by atoms with Crippen LogP contribution in [0.1, 0.15) is 36.1 Å². The summed E-state index contributed by atoms with van der Waals surface area (Å²) >= 11 is 1.92. The maximum absolute atomic E-state index is 3.47. The number of hydrogen-bond donors (Lipinski definition) is 1. The number of aryl methyl sites for hydroxylation is 2. The topological polar surface area (TPSA) is 15.3 Å². The summed E-state index contributed by atoms with van der Waals surface area (Å²) in [5.41, 5.74) is 4.12. The third-order valence-electron chi connectivity index (χ3n) is 3.93. The monoisotopic (exact) mass is 294 g/mol. The number of nitrogens with one attached hydrogen (secondary N) is 1. The molecule has 0 aliphatic carbocycles. The van der Waals surface area contributed by atoms with Crippen molar-refractivity contribution >= 4 is 11.8 Å². The van der Waals surface area contributed by atoms with Gasteiger partial charge in [-0.15, -0.1) is 0 Å². The highest BCUT2D eigenvalue weighted by atomic mass is 32.2. The Kier molecular flexibility index (Phi) is 7.63. The zero-order chi connectivity index (χ0) is 15.1. The molecular weight excluding hydrogens is 264 g/mol. The molecule has 0 aromatic heterocycles. The standard InChI is InChI=1S/C17H30N2S/c1-13-9-14(2)11-16(10-13)17(18-4)7-8-19(5)15(3)12-20-6/h9-11,15,17-18H,7-8,12H2,1-6H3. The van der Waals surface area contributed by atoms with Crippen LogP contribution in [0.25, 0.3) is 0 Å². The highest BCUT2D eigenvalue weighted by molar-refractivity contribution is 7.98. The lowest BCUT2D eigenvalue weighted by molar-refractivity contribution is 0.262. The lowest BCUT2D eigenvalue weighted by Gasteiger charge is -2.26. The fraction of sp³-hybridized carbons (Fsp3) is 0.647. The van der Waals surface area contributed by atoms with Crippen LogP contribution < -0.4 is 5.32 Å². The second-order valence-electron chi connectivity index (χ2n) is 5.84. The average molecular weight is 295 g/mol. The van der Waals surface area contributed by atoms with Crippen LogP contribution in [0.15, 0.2) is 18.2 Å². The van der Waals surface area contributed by atoms with Crippen LogP contribution >= 0.6 is 11.8 Å². The van der Waals surface area contributed by atoms with Crippen LogP contribution in [0.3, 0.4) is 0 Å². The van der Waals surface area contributed by atoms with Crippen LogP contribution in [0.5, 0.6) is 0 Å². The molecule has 0 amide bonds. The first-order valence-electron chi connectivity index (χ1n) is 7.42. The molecule has 1 N–H and O–H groups in total. The maximum atomic E-state index is 3.47. The van der Waals surface area contributed by atoms with Crippen LogP contribution in [0.4, 0.5) is 0 Å². The minimum absolute atomic E-state index is 0.442. The molecule has 114 valence electrons. The molecule has 20 heavy (non-hydrogen) atoms. The first kappa shape index (κ1) is 17.5. The van der Waals surface area contributed by atoms with E-state index in [1.54, 1.807) is 0 Å². The molecule has 2 atom stereocenters. The van der Waals surface area contributed by atoms with E-state index >= 15 is 0 Å². The molecule has 1 aromatic carbocycles. The van der Waals surface area contributed by atoms with Crippen LogP contribution in [0.2, 0.25) is 0 Å². The summed E-state index contributed by atoms with van der Waals surface area (Å²) in [5, 5.41) is 3.47. The van der Waals surface area contributed by atoms with Crippen molar-refractivity contribution in [2.24, 2.45) is 0 Å². The Hall–Kier alpha value is -0.510. The van der Waals surface area contributed by atoms with Gasteiger partial charge in [0.05, 0.1) is 0 Å². The predicted octanol–water partition coefficient (Wildman–Crippen LogP) is 3.64. The summed E-state index contributed by atoms with van der Waals surface area (Å²) in [7, 11) is 4.29. The molecule has 3 heteroatoms. The SMILES string of the molecule is CNC(CCN(C)C(C)CSC)c1cc(C)cc(C)c1. The Balaban J connectivity index is 2.63. The molecule has 0 bridgehead atoms. The summed E-state index contributed by atoms with van der Waals surface area (Å²) in [5.74, 6) is 1.20. The van der Waals surface area contributed by atoms with Crippen LogP contribution in [-0.2, 0) is 0 Å². The van der Waals surface area contributed by atoms with Gasteiger partial charge in [0.1, 0.15) is 0 Å². The highest BCUT2D eigenvalue weighted by Gasteiger charge is 2.14. The van der Waals surface area contributed by atoms with Crippen molar-refractivity contribution in [2.45, 2.75) is 39.3 Å². The van der Waals surface area contributed by atoms with E-state index in [4.69, 9.17) is 0 Å². The molecule has 2 nitrogen and oxygen atoms in total. The fourth-order valence-electron chi connectivity index (χ4n) is 2.61. The van der Waals surface area contributed by atoms with Gasteiger partial charge in [-0.3, -0.25) is 0 Å². The molecule has 1 rings (SSSR count). The van der Waals surface area contributed by atoms with E-state index in [0.717, 1.165) is 13.0 Å². The van der Waals surface area contributed by atoms with Crippen molar-refractivity contribution in [3.63, 3.8) is 0 Å². The largest absolute Gasteiger partial charge is 0.313 e. The van der Waals surface area contributed by atoms with Crippen molar-refractivity contribution in [2.75, 3.05) is 32.6 Å². The predicted molar refractivity (Wildman–Crippen MR) is 92.8 cm³/mol. The van der Waals surface area contributed by atoms with E-state index in [1.165, 1.54) is 22.4 Å². The van der Waals surface area contributed by atoms with Crippen molar-refractivity contribution in [3.8, 4) is 0 Å². The van der Waals surface area contributed by atoms with Gasteiger partial charge in [0.25, 0.3) is 0 Å². The minimum atomic E-state index is 0.442. The van der Waals surface area contributed by atoms with Crippen molar-refractivity contribution in [1.29, 1.82) is 0 Å². The van der Waals surface area contributed by atoms with E-state index in [9.17, 15) is 0 Å². The summed E-state index contributed by atoms with van der Waals surface area (Å²) in [4.78, 5) is 2.46. The number of rotatable bonds is 8. The highest BCUT2D eigenvalue weighted by Crippen LogP contribution is 2.20. The Labute approximate surface area is 129 Å². The lowest BCUT2D eigenvalue weighted by Crippen LogP contribution is -2.33. The van der Waals surface area contributed by atoms with Gasteiger partial charge in [0.2, 0.25) is 0 Å². The Morgan fingerprint density at radius 1 is 1.20 bits per heavy atom. The zero-order valence-corrected chi connectivity index (χ0v) is 14.7. The third kappa shape index (κ3) is 5.47. The van der Waals surface area contributed by atoms with E-state index in [0.29, 0.717) is 12.1 Å². The van der Waals surface area contributed by atoms with E-state index in [1.807, 2.05) is 11.8 Å². The first-order valence-corrected chi connectivity index (χ1v) is 8.82. The summed E-state index contributed by atoms with van der Waals surface area (Å²) in [6.07, 6.45) is 3.32. The molecule has 0 heterocycles. The van der Waals surface area contributed by atoms with Gasteiger partial charge in [0, 0.05) is 17.8 Å². The summed E-state index contributed by atoms with van der Waals surface area (Å²) < 4.78 is 0. The number of thioether (sulfide) groups is 1. The first-order chi connectivity index (χ1) is 9.47. The van der Waals surface area contributed by atoms with Crippen LogP contribution in [-0.4, -0.2) is 43.6 Å². The summed E-state index contributed by atoms with van der Waals surface area (Å²) in [6.45, 7) is 7.79. The Morgan fingerprint density at radius 2 is 1.80 bits per heavy atom. The molecule has 1 aromatic rings. The molecule has 0 saturated carbocycles. The third-order valence-corrected chi connectivity index (χ3v) is 4.74. The molecule has 0 radical (unpaired) electrons. The van der Waals surface area contributed by atoms with Crippen LogP contribution in [0, 0.1) is 13.8 Å². The second kappa shape index (κ2) is 8.71. The number of nitrogens with zero attached hydrogens (tertiary/aromatic N) is 1. The maximum Gasteiger partial charge on any atom is 0.0329 e. The summed E-state index contributed by atoms with van der Waals surface area (Å²) in [6, 6.07) is 7.93. The number of benzene rings is 1. The average Bonchev–Trinajstić information content (AvgIpc) is 2.38. The van der Waals surface area contributed by atoms with E-state index in [-0.39, 0.29) is 0 Å². The minimum Gasteiger partial charge on any atom is -0.313 e. The van der Waals surface area contributed by atoms with E-state index in [2.05, 4.69) is 69.5 Å². The van der Waals surface area contributed by atoms with Gasteiger partial charge in [-0.25, -0.2) is 0 Å². The molecule has 0 aliphatic heterocycles. The second-order valence-corrected chi connectivity index (χ2v) is 6.75. The van der Waals surface area contributed by atoms with Crippen molar-refractivity contribution < 1.29 is 0 Å². The van der Waals surface area contributed by atoms with Gasteiger partial charge in [-0.2, -0.15) is 11.8 Å². The molecule has 0 spiro atoms. The Morgan fingerprint density at radius 3 is 2.30 bits per heavy atom. The quantitative estimate of drug-likeness (QED) is 0.788. The molecule has 2 unspecified atom stereocenters. The zero-order valence-electron chi connectivity index (χ0n) is 13.9. The van der Waals surface area contributed by atoms with Crippen molar-refractivity contribution in [1.82, 2.24) is 10.2 Å². The lowest BCUT2D eigenvalue weighted by atomic mass is 9.99. The fourth-order valence-corrected chi connectivity index (χ4v) is 3.35. The Bertz CT molecular complexity index is 386. The van der Waals surface area contributed by atoms with Gasteiger partial charge < -0.3 is 10.2 Å². The molecule has 0 fully saturated rings. The molecule has 0 aliphatic rings. The van der Waals surface area contributed by atoms with Gasteiger partial charge >= 0.3 is 0 Å².